The summed E-state index contributed by atoms with van der Waals surface area (Å²) in [7, 11) is 0. The van der Waals surface area contributed by atoms with Crippen molar-refractivity contribution in [2.75, 3.05) is 5.32 Å². The number of amides is 1. The van der Waals surface area contributed by atoms with E-state index >= 15 is 0 Å². The number of benzene rings is 3. The van der Waals surface area contributed by atoms with E-state index in [1.54, 1.807) is 30.3 Å². The zero-order valence-electron chi connectivity index (χ0n) is 14.0. The van der Waals surface area contributed by atoms with Gasteiger partial charge in [-0.2, -0.15) is 13.2 Å². The third-order valence-corrected chi connectivity index (χ3v) is 3.92. The van der Waals surface area contributed by atoms with Crippen LogP contribution in [0.3, 0.4) is 0 Å². The molecule has 0 aliphatic rings. The smallest absolute Gasteiger partial charge is 0.416 e. The molecule has 3 aromatic carbocycles. The fourth-order valence-corrected chi connectivity index (χ4v) is 2.60. The highest BCUT2D eigenvalue weighted by Gasteiger charge is 2.29. The topological polar surface area (TPSA) is 49.3 Å². The van der Waals surface area contributed by atoms with Gasteiger partial charge in [0.05, 0.1) is 12.0 Å². The van der Waals surface area contributed by atoms with E-state index < -0.39 is 11.7 Å². The zero-order chi connectivity index (χ0) is 19.4. The number of anilines is 1. The third-order valence-electron chi connectivity index (χ3n) is 3.92. The molecule has 6 heteroatoms. The minimum Gasteiger partial charge on any atom is -0.507 e. The average Bonchev–Trinajstić information content (AvgIpc) is 2.63. The van der Waals surface area contributed by atoms with Gasteiger partial charge in [-0.1, -0.05) is 36.4 Å². The van der Waals surface area contributed by atoms with Crippen LogP contribution in [0.2, 0.25) is 0 Å². The number of nitrogens with one attached hydrogen (secondary N) is 1. The van der Waals surface area contributed by atoms with Gasteiger partial charge in [0, 0.05) is 11.8 Å². The van der Waals surface area contributed by atoms with Gasteiger partial charge in [-0.05, 0) is 47.0 Å². The molecule has 0 saturated carbocycles. The van der Waals surface area contributed by atoms with Gasteiger partial charge in [0.1, 0.15) is 5.75 Å². The van der Waals surface area contributed by atoms with Crippen molar-refractivity contribution in [2.24, 2.45) is 0 Å². The van der Waals surface area contributed by atoms with Crippen molar-refractivity contribution in [3.8, 4) is 16.9 Å². The molecule has 2 N–H and O–H groups in total. The maximum absolute atomic E-state index is 12.7. The Balaban J connectivity index is 1.71. The Labute approximate surface area is 154 Å². The van der Waals surface area contributed by atoms with Crippen molar-refractivity contribution in [3.05, 3.63) is 83.9 Å². The fourth-order valence-electron chi connectivity index (χ4n) is 2.60. The van der Waals surface area contributed by atoms with Gasteiger partial charge in [-0.15, -0.1) is 0 Å². The molecule has 0 aliphatic carbocycles. The van der Waals surface area contributed by atoms with Crippen LogP contribution in [0.25, 0.3) is 11.1 Å². The van der Waals surface area contributed by atoms with Gasteiger partial charge >= 0.3 is 6.18 Å². The van der Waals surface area contributed by atoms with Gasteiger partial charge in [0.25, 0.3) is 0 Å². The number of phenols is 1. The summed E-state index contributed by atoms with van der Waals surface area (Å²) in [6, 6.07) is 19.0. The number of alkyl halides is 3. The highest BCUT2D eigenvalue weighted by Crippen LogP contribution is 2.31. The quantitative estimate of drug-likeness (QED) is 0.631. The van der Waals surface area contributed by atoms with Gasteiger partial charge in [-0.25, -0.2) is 0 Å². The SMILES string of the molecule is O=C(Cc1cccc(-c2ccc(C(F)(F)F)cc2)c1)Nc1c[c]c(O)cc1. The lowest BCUT2D eigenvalue weighted by atomic mass is 10.0. The molecule has 0 atom stereocenters. The summed E-state index contributed by atoms with van der Waals surface area (Å²) in [5.41, 5.74) is 1.90. The number of hydrogen-bond acceptors (Lipinski definition) is 2. The maximum atomic E-state index is 12.7. The molecule has 0 heterocycles. The van der Waals surface area contributed by atoms with Crippen LogP contribution in [-0.2, 0) is 17.4 Å². The third kappa shape index (κ3) is 4.88. The van der Waals surface area contributed by atoms with Crippen LogP contribution < -0.4 is 5.32 Å². The van der Waals surface area contributed by atoms with Crippen molar-refractivity contribution in [2.45, 2.75) is 12.6 Å². The summed E-state index contributed by atoms with van der Waals surface area (Å²) in [5, 5.41) is 11.9. The summed E-state index contributed by atoms with van der Waals surface area (Å²) < 4.78 is 38.0. The lowest BCUT2D eigenvalue weighted by Gasteiger charge is -2.09. The summed E-state index contributed by atoms with van der Waals surface area (Å²) in [4.78, 5) is 12.2. The molecule has 27 heavy (non-hydrogen) atoms. The van der Waals surface area contributed by atoms with Crippen LogP contribution in [0.5, 0.6) is 5.75 Å². The molecule has 0 aliphatic heterocycles. The number of aromatic hydroxyl groups is 1. The van der Waals surface area contributed by atoms with Crippen molar-refractivity contribution in [1.82, 2.24) is 0 Å². The van der Waals surface area contributed by atoms with E-state index in [1.807, 2.05) is 0 Å². The van der Waals surface area contributed by atoms with Crippen LogP contribution in [0, 0.1) is 6.07 Å². The normalized spacial score (nSPS) is 11.2. The molecule has 0 unspecified atom stereocenters. The van der Waals surface area contributed by atoms with Gasteiger partial charge in [0.2, 0.25) is 5.91 Å². The van der Waals surface area contributed by atoms with Crippen LogP contribution in [0.1, 0.15) is 11.1 Å². The highest BCUT2D eigenvalue weighted by molar-refractivity contribution is 5.92. The Bertz CT molecular complexity index is 933. The second kappa shape index (κ2) is 7.53. The van der Waals surface area contributed by atoms with E-state index in [4.69, 9.17) is 0 Å². The van der Waals surface area contributed by atoms with E-state index in [-0.39, 0.29) is 18.1 Å². The Morgan fingerprint density at radius 2 is 1.74 bits per heavy atom. The molecular formula is C21H15F3NO2. The number of halogens is 3. The van der Waals surface area contributed by atoms with Crippen molar-refractivity contribution in [3.63, 3.8) is 0 Å². The predicted molar refractivity (Wildman–Crippen MR) is 96.2 cm³/mol. The van der Waals surface area contributed by atoms with Crippen molar-refractivity contribution >= 4 is 11.6 Å². The molecule has 0 spiro atoms. The molecule has 1 radical (unpaired) electrons. The molecule has 0 bridgehead atoms. The predicted octanol–water partition coefficient (Wildman–Crippen LogP) is 5.06. The summed E-state index contributed by atoms with van der Waals surface area (Å²) in [6.07, 6.45) is -4.26. The summed E-state index contributed by atoms with van der Waals surface area (Å²) in [6.45, 7) is 0. The fraction of sp³-hybridized carbons (Fsp3) is 0.0952. The van der Waals surface area contributed by atoms with Gasteiger partial charge in [0.15, 0.2) is 0 Å². The molecular weight excluding hydrogens is 355 g/mol. The first-order chi connectivity index (χ1) is 12.8. The van der Waals surface area contributed by atoms with E-state index in [0.29, 0.717) is 11.3 Å². The maximum Gasteiger partial charge on any atom is 0.416 e. The van der Waals surface area contributed by atoms with Crippen molar-refractivity contribution < 1.29 is 23.1 Å². The minimum absolute atomic E-state index is 0.0164. The molecule has 3 nitrogen and oxygen atoms in total. The average molecular weight is 370 g/mol. The minimum atomic E-state index is -4.37. The van der Waals surface area contributed by atoms with Crippen molar-refractivity contribution in [1.29, 1.82) is 0 Å². The molecule has 137 valence electrons. The summed E-state index contributed by atoms with van der Waals surface area (Å²) >= 11 is 0. The second-order valence-electron chi connectivity index (χ2n) is 5.96. The second-order valence-corrected chi connectivity index (χ2v) is 5.96. The number of rotatable bonds is 4. The first-order valence-electron chi connectivity index (χ1n) is 8.08. The van der Waals surface area contributed by atoms with Crippen LogP contribution >= 0.6 is 0 Å². The van der Waals surface area contributed by atoms with Crippen LogP contribution in [0.15, 0.2) is 66.7 Å². The monoisotopic (exact) mass is 370 g/mol. The first-order valence-corrected chi connectivity index (χ1v) is 8.08. The lowest BCUT2D eigenvalue weighted by molar-refractivity contribution is -0.137. The first kappa shape index (κ1) is 18.5. The molecule has 0 aromatic heterocycles. The number of phenolic OH excluding ortho intramolecular Hbond substituents is 1. The van der Waals surface area contributed by atoms with E-state index in [2.05, 4.69) is 11.4 Å². The Kier molecular flexibility index (Phi) is 5.16. The molecule has 3 rings (SSSR count). The Hall–Kier alpha value is -3.28. The number of hydrogen-bond donors (Lipinski definition) is 2. The van der Waals surface area contributed by atoms with Gasteiger partial charge in [-0.3, -0.25) is 4.79 Å². The molecule has 0 saturated heterocycles. The largest absolute Gasteiger partial charge is 0.507 e. The molecule has 1 amide bonds. The number of carbonyl (C=O) groups is 1. The molecule has 3 aromatic rings. The highest BCUT2D eigenvalue weighted by atomic mass is 19.4. The standard InChI is InChI=1S/C21H15F3NO2/c22-21(23,24)17-6-4-15(5-7-17)16-3-1-2-14(12-16)13-20(27)25-18-8-10-19(26)11-9-18/h1-10,12,26H,13H2,(H,25,27). The van der Waals surface area contributed by atoms with E-state index in [1.165, 1.54) is 24.3 Å². The van der Waals surface area contributed by atoms with E-state index in [9.17, 15) is 23.1 Å². The number of carbonyl (C=O) groups excluding carboxylic acids is 1. The van der Waals surface area contributed by atoms with Crippen LogP contribution in [0.4, 0.5) is 18.9 Å². The van der Waals surface area contributed by atoms with E-state index in [0.717, 1.165) is 23.3 Å². The lowest BCUT2D eigenvalue weighted by Crippen LogP contribution is -2.14. The Morgan fingerprint density at radius 1 is 1.00 bits per heavy atom. The zero-order valence-corrected chi connectivity index (χ0v) is 14.0. The Morgan fingerprint density at radius 3 is 2.37 bits per heavy atom. The summed E-state index contributed by atoms with van der Waals surface area (Å²) in [5.74, 6) is -0.268. The van der Waals surface area contributed by atoms with Gasteiger partial charge < -0.3 is 10.4 Å². The molecule has 0 fully saturated rings. The van der Waals surface area contributed by atoms with Crippen LogP contribution in [-0.4, -0.2) is 11.0 Å².